The topological polar surface area (TPSA) is 91.1 Å². The lowest BCUT2D eigenvalue weighted by molar-refractivity contribution is -0.131. The number of carbonyl (C=O) groups excluding carboxylic acids is 4. The van der Waals surface area contributed by atoms with Gasteiger partial charge in [0.25, 0.3) is 17.7 Å². The van der Waals surface area contributed by atoms with Crippen molar-refractivity contribution in [2.75, 3.05) is 32.7 Å². The fourth-order valence-corrected chi connectivity index (χ4v) is 3.91. The summed E-state index contributed by atoms with van der Waals surface area (Å²) in [6, 6.07) is 10.1. The summed E-state index contributed by atoms with van der Waals surface area (Å²) < 4.78 is 5.17. The third-order valence-corrected chi connectivity index (χ3v) is 5.52. The molecule has 0 radical (unpaired) electrons. The molecule has 0 unspecified atom stereocenters. The van der Waals surface area contributed by atoms with E-state index in [-0.39, 0.29) is 36.6 Å². The fraction of sp³-hybridized carbons (Fsp3) is 0.364. The summed E-state index contributed by atoms with van der Waals surface area (Å²) >= 11 is 0. The van der Waals surface area contributed by atoms with Gasteiger partial charge in [0.15, 0.2) is 5.76 Å². The van der Waals surface area contributed by atoms with Gasteiger partial charge in [-0.15, -0.1) is 0 Å². The zero-order chi connectivity index (χ0) is 21.1. The van der Waals surface area contributed by atoms with Gasteiger partial charge < -0.3 is 14.2 Å². The predicted octanol–water partition coefficient (Wildman–Crippen LogP) is 2.03. The Kier molecular flexibility index (Phi) is 5.65. The van der Waals surface area contributed by atoms with Gasteiger partial charge in [0.05, 0.1) is 17.4 Å². The second-order valence-electron chi connectivity index (χ2n) is 7.41. The van der Waals surface area contributed by atoms with Gasteiger partial charge in [-0.05, 0) is 37.1 Å². The summed E-state index contributed by atoms with van der Waals surface area (Å²) in [6.45, 7) is 2.27. The van der Waals surface area contributed by atoms with Crippen LogP contribution in [0.15, 0.2) is 47.1 Å². The second kappa shape index (κ2) is 8.52. The van der Waals surface area contributed by atoms with E-state index in [1.165, 1.54) is 11.2 Å². The van der Waals surface area contributed by atoms with Crippen molar-refractivity contribution in [3.63, 3.8) is 0 Å². The molecule has 0 aliphatic carbocycles. The molecular weight excluding hydrogens is 386 g/mol. The van der Waals surface area contributed by atoms with Gasteiger partial charge in [-0.2, -0.15) is 0 Å². The Bertz CT molecular complexity index is 934. The Morgan fingerprint density at radius 2 is 1.53 bits per heavy atom. The summed E-state index contributed by atoms with van der Waals surface area (Å²) in [5.41, 5.74) is 0.838. The van der Waals surface area contributed by atoms with Crippen molar-refractivity contribution in [1.29, 1.82) is 0 Å². The molecule has 8 heteroatoms. The van der Waals surface area contributed by atoms with Crippen molar-refractivity contribution in [3.05, 3.63) is 59.5 Å². The fourth-order valence-electron chi connectivity index (χ4n) is 3.91. The van der Waals surface area contributed by atoms with E-state index in [1.807, 2.05) is 0 Å². The highest BCUT2D eigenvalue weighted by Crippen LogP contribution is 2.22. The van der Waals surface area contributed by atoms with Crippen LogP contribution in [-0.2, 0) is 4.79 Å². The molecule has 1 aromatic carbocycles. The first-order valence-electron chi connectivity index (χ1n) is 10.1. The van der Waals surface area contributed by atoms with Crippen LogP contribution in [0.4, 0.5) is 0 Å². The second-order valence-corrected chi connectivity index (χ2v) is 7.41. The van der Waals surface area contributed by atoms with E-state index in [0.717, 1.165) is 0 Å². The van der Waals surface area contributed by atoms with Gasteiger partial charge in [0.1, 0.15) is 0 Å². The number of imide groups is 1. The molecular formula is C22H23N3O5. The Balaban J connectivity index is 1.26. The Morgan fingerprint density at radius 1 is 0.867 bits per heavy atom. The van der Waals surface area contributed by atoms with E-state index in [4.69, 9.17) is 4.42 Å². The molecule has 156 valence electrons. The Labute approximate surface area is 174 Å². The lowest BCUT2D eigenvalue weighted by Crippen LogP contribution is -2.37. The van der Waals surface area contributed by atoms with E-state index < -0.39 is 0 Å². The molecule has 4 rings (SSSR count). The smallest absolute Gasteiger partial charge is 0.289 e. The number of hydrogen-bond acceptors (Lipinski definition) is 5. The summed E-state index contributed by atoms with van der Waals surface area (Å²) in [5, 5.41) is 0. The van der Waals surface area contributed by atoms with E-state index >= 15 is 0 Å². The van der Waals surface area contributed by atoms with Gasteiger partial charge in [-0.3, -0.25) is 24.1 Å². The van der Waals surface area contributed by atoms with Crippen LogP contribution in [0.1, 0.15) is 50.5 Å². The minimum Gasteiger partial charge on any atom is -0.459 e. The number of rotatable bonds is 5. The summed E-state index contributed by atoms with van der Waals surface area (Å²) in [5.74, 6) is -0.496. The maximum Gasteiger partial charge on any atom is 0.289 e. The molecule has 4 amide bonds. The number of hydrogen-bond donors (Lipinski definition) is 0. The molecule has 2 aliphatic heterocycles. The largest absolute Gasteiger partial charge is 0.459 e. The molecule has 1 aromatic heterocycles. The highest BCUT2D eigenvalue weighted by Gasteiger charge is 2.34. The lowest BCUT2D eigenvalue weighted by atomic mass is 10.1. The highest BCUT2D eigenvalue weighted by atomic mass is 16.3. The van der Waals surface area contributed by atoms with Gasteiger partial charge in [0.2, 0.25) is 5.91 Å². The zero-order valence-electron chi connectivity index (χ0n) is 16.6. The Hall–Kier alpha value is -3.42. The lowest BCUT2D eigenvalue weighted by Gasteiger charge is -2.22. The zero-order valence-corrected chi connectivity index (χ0v) is 16.6. The van der Waals surface area contributed by atoms with Crippen molar-refractivity contribution in [2.24, 2.45) is 0 Å². The standard InChI is InChI=1S/C22H23N3O5/c26-19(9-3-12-25-20(27)16-6-1-2-7-17(16)21(25)28)23-10-5-11-24(14-13-23)22(29)18-8-4-15-30-18/h1-2,4,6-8,15H,3,5,9-14H2. The molecule has 2 aliphatic rings. The van der Waals surface area contributed by atoms with Crippen molar-refractivity contribution in [1.82, 2.24) is 14.7 Å². The third-order valence-electron chi connectivity index (χ3n) is 5.52. The Morgan fingerprint density at radius 3 is 2.20 bits per heavy atom. The van der Waals surface area contributed by atoms with Crippen LogP contribution >= 0.6 is 0 Å². The molecule has 2 aromatic rings. The van der Waals surface area contributed by atoms with Crippen molar-refractivity contribution in [2.45, 2.75) is 19.3 Å². The van der Waals surface area contributed by atoms with Gasteiger partial charge in [-0.25, -0.2) is 0 Å². The van der Waals surface area contributed by atoms with Crippen molar-refractivity contribution in [3.8, 4) is 0 Å². The van der Waals surface area contributed by atoms with Crippen LogP contribution in [0.5, 0.6) is 0 Å². The average molecular weight is 409 g/mol. The van der Waals surface area contributed by atoms with E-state index in [1.54, 1.807) is 46.2 Å². The van der Waals surface area contributed by atoms with Crippen molar-refractivity contribution < 1.29 is 23.6 Å². The van der Waals surface area contributed by atoms with Crippen LogP contribution < -0.4 is 0 Å². The summed E-state index contributed by atoms with van der Waals surface area (Å²) in [4.78, 5) is 54.5. The third kappa shape index (κ3) is 3.85. The van der Waals surface area contributed by atoms with Crippen LogP contribution in [0, 0.1) is 0 Å². The maximum absolute atomic E-state index is 12.6. The summed E-state index contributed by atoms with van der Waals surface area (Å²) in [6.07, 6.45) is 2.82. The molecule has 0 N–H and O–H groups in total. The number of nitrogens with zero attached hydrogens (tertiary/aromatic N) is 3. The van der Waals surface area contributed by atoms with Gasteiger partial charge in [-0.1, -0.05) is 12.1 Å². The monoisotopic (exact) mass is 409 g/mol. The average Bonchev–Trinajstić information content (AvgIpc) is 3.29. The van der Waals surface area contributed by atoms with E-state index in [0.29, 0.717) is 55.9 Å². The number of benzene rings is 1. The van der Waals surface area contributed by atoms with Gasteiger partial charge in [0, 0.05) is 39.1 Å². The molecule has 1 saturated heterocycles. The molecule has 8 nitrogen and oxygen atoms in total. The molecule has 3 heterocycles. The number of amides is 4. The maximum atomic E-state index is 12.6. The molecule has 0 spiro atoms. The first-order valence-corrected chi connectivity index (χ1v) is 10.1. The summed E-state index contributed by atoms with van der Waals surface area (Å²) in [7, 11) is 0. The predicted molar refractivity (Wildman–Crippen MR) is 107 cm³/mol. The van der Waals surface area contributed by atoms with Crippen LogP contribution in [0.25, 0.3) is 0 Å². The van der Waals surface area contributed by atoms with Gasteiger partial charge >= 0.3 is 0 Å². The number of carbonyl (C=O) groups is 4. The first kappa shape index (κ1) is 19.9. The SMILES string of the molecule is O=C(CCCN1C(=O)c2ccccc2C1=O)N1CCCN(C(=O)c2ccco2)CC1. The molecule has 0 atom stereocenters. The van der Waals surface area contributed by atoms with Crippen LogP contribution in [0.2, 0.25) is 0 Å². The normalized spacial score (nSPS) is 16.6. The first-order chi connectivity index (χ1) is 14.6. The van der Waals surface area contributed by atoms with E-state index in [2.05, 4.69) is 0 Å². The molecule has 30 heavy (non-hydrogen) atoms. The van der Waals surface area contributed by atoms with Crippen LogP contribution in [0.3, 0.4) is 0 Å². The number of fused-ring (bicyclic) bond motifs is 1. The van der Waals surface area contributed by atoms with Crippen LogP contribution in [-0.4, -0.2) is 71.1 Å². The quantitative estimate of drug-likeness (QED) is 0.705. The molecule has 1 fully saturated rings. The molecule has 0 bridgehead atoms. The van der Waals surface area contributed by atoms with Crippen molar-refractivity contribution >= 4 is 23.6 Å². The number of furan rings is 1. The minimum atomic E-state index is -0.301. The highest BCUT2D eigenvalue weighted by molar-refractivity contribution is 6.21. The van der Waals surface area contributed by atoms with E-state index in [9.17, 15) is 19.2 Å². The molecule has 0 saturated carbocycles. The minimum absolute atomic E-state index is 0.0288.